The van der Waals surface area contributed by atoms with Crippen molar-refractivity contribution >= 4 is 23.5 Å². The van der Waals surface area contributed by atoms with Crippen LogP contribution in [-0.2, 0) is 10.3 Å². The van der Waals surface area contributed by atoms with Gasteiger partial charge in [0.1, 0.15) is 5.54 Å². The van der Waals surface area contributed by atoms with Gasteiger partial charge in [-0.3, -0.25) is 4.79 Å². The third-order valence-corrected chi connectivity index (χ3v) is 4.91. The van der Waals surface area contributed by atoms with Crippen molar-refractivity contribution in [1.82, 2.24) is 5.32 Å². The fourth-order valence-electron chi connectivity index (χ4n) is 3.37. The van der Waals surface area contributed by atoms with E-state index in [2.05, 4.69) is 5.32 Å². The Hall–Kier alpha value is -1.90. The molecule has 0 bridgehead atoms. The highest BCUT2D eigenvalue weighted by Gasteiger charge is 2.43. The minimum atomic E-state index is -0.725. The molecule has 0 aliphatic heterocycles. The summed E-state index contributed by atoms with van der Waals surface area (Å²) in [5.74, 6) is 0.128. The van der Waals surface area contributed by atoms with Crippen LogP contribution in [0.4, 0.5) is 0 Å². The number of rotatable bonds is 3. The van der Waals surface area contributed by atoms with Gasteiger partial charge in [0.25, 0.3) is 0 Å². The van der Waals surface area contributed by atoms with Gasteiger partial charge in [-0.05, 0) is 55.2 Å². The molecule has 0 aromatic heterocycles. The monoisotopic (exact) mass is 325 g/mol. The number of Topliss-reactive ketones (excluding diaryl/α,β-unsaturated/α-hetero) is 1. The zero-order chi connectivity index (χ0) is 16.3. The molecule has 0 unspecified atom stereocenters. The van der Waals surface area contributed by atoms with Crippen molar-refractivity contribution in [3.63, 3.8) is 0 Å². The molecule has 118 valence electrons. The Morgan fingerprint density at radius 1 is 1.09 bits per heavy atom. The lowest BCUT2D eigenvalue weighted by atomic mass is 9.73. The van der Waals surface area contributed by atoms with E-state index >= 15 is 0 Å². The van der Waals surface area contributed by atoms with Crippen LogP contribution in [0.5, 0.6) is 0 Å². The first kappa shape index (κ1) is 16.0. The molecular formula is C20H20ClNO. The highest BCUT2D eigenvalue weighted by molar-refractivity contribution is 6.32. The number of halogens is 1. The molecule has 1 aliphatic rings. The van der Waals surface area contributed by atoms with Gasteiger partial charge in [-0.25, -0.2) is 0 Å². The Kier molecular flexibility index (Phi) is 4.65. The van der Waals surface area contributed by atoms with Gasteiger partial charge in [0.05, 0.1) is 0 Å². The molecule has 2 aromatic rings. The Bertz CT molecular complexity index is 738. The number of nitrogens with one attached hydrogen (secondary N) is 1. The second-order valence-corrected chi connectivity index (χ2v) is 6.31. The molecule has 3 rings (SSSR count). The van der Waals surface area contributed by atoms with Crippen molar-refractivity contribution in [2.75, 3.05) is 7.05 Å². The number of carbonyl (C=O) groups is 1. The Morgan fingerprint density at radius 2 is 1.78 bits per heavy atom. The maximum Gasteiger partial charge on any atom is 0.183 e. The minimum absolute atomic E-state index is 0.128. The van der Waals surface area contributed by atoms with Gasteiger partial charge in [0, 0.05) is 5.02 Å². The van der Waals surface area contributed by atoms with Crippen molar-refractivity contribution < 1.29 is 4.79 Å². The summed E-state index contributed by atoms with van der Waals surface area (Å²) in [5, 5.41) is 3.90. The van der Waals surface area contributed by atoms with Gasteiger partial charge in [-0.15, -0.1) is 0 Å². The minimum Gasteiger partial charge on any atom is -0.304 e. The third-order valence-electron chi connectivity index (χ3n) is 4.58. The molecule has 0 amide bonds. The van der Waals surface area contributed by atoms with Crippen LogP contribution in [0.15, 0.2) is 60.2 Å². The normalized spacial score (nSPS) is 23.2. The van der Waals surface area contributed by atoms with Crippen LogP contribution in [0.25, 0.3) is 6.08 Å². The first-order chi connectivity index (χ1) is 11.2. The smallest absolute Gasteiger partial charge is 0.183 e. The Labute approximate surface area is 142 Å². The molecule has 0 spiro atoms. The van der Waals surface area contributed by atoms with E-state index in [1.807, 2.05) is 67.7 Å². The lowest BCUT2D eigenvalue weighted by molar-refractivity contribution is -0.123. The second kappa shape index (κ2) is 6.69. The summed E-state index contributed by atoms with van der Waals surface area (Å²) >= 11 is 6.39. The summed E-state index contributed by atoms with van der Waals surface area (Å²) in [6, 6.07) is 17.6. The number of benzene rings is 2. The van der Waals surface area contributed by atoms with Crippen LogP contribution in [0.1, 0.15) is 30.4 Å². The summed E-state index contributed by atoms with van der Waals surface area (Å²) in [6.07, 6.45) is 4.53. The van der Waals surface area contributed by atoms with Gasteiger partial charge in [-0.2, -0.15) is 0 Å². The largest absolute Gasteiger partial charge is 0.304 e. The Balaban J connectivity index is 2.04. The predicted octanol–water partition coefficient (Wildman–Crippen LogP) is 4.59. The van der Waals surface area contributed by atoms with Gasteiger partial charge >= 0.3 is 0 Å². The molecule has 0 radical (unpaired) electrons. The highest BCUT2D eigenvalue weighted by Crippen LogP contribution is 2.40. The van der Waals surface area contributed by atoms with Gasteiger partial charge < -0.3 is 5.32 Å². The van der Waals surface area contributed by atoms with Gasteiger partial charge in [0.15, 0.2) is 5.78 Å². The first-order valence-electron chi connectivity index (χ1n) is 7.92. The van der Waals surface area contributed by atoms with Crippen molar-refractivity contribution in [2.24, 2.45) is 0 Å². The molecule has 1 atom stereocenters. The molecule has 2 aromatic carbocycles. The SMILES string of the molecule is CN[C@@]1(c2ccccc2Cl)CCCC(=Cc2ccccc2)C1=O. The molecule has 23 heavy (non-hydrogen) atoms. The zero-order valence-corrected chi connectivity index (χ0v) is 13.9. The molecule has 3 heteroatoms. The van der Waals surface area contributed by atoms with E-state index < -0.39 is 5.54 Å². The zero-order valence-electron chi connectivity index (χ0n) is 13.2. The molecule has 1 N–H and O–H groups in total. The van der Waals surface area contributed by atoms with E-state index in [1.165, 1.54) is 0 Å². The van der Waals surface area contributed by atoms with E-state index in [-0.39, 0.29) is 5.78 Å². The lowest BCUT2D eigenvalue weighted by Crippen LogP contribution is -2.50. The molecule has 2 nitrogen and oxygen atoms in total. The van der Waals surface area contributed by atoms with Gasteiger partial charge in [0.2, 0.25) is 0 Å². The number of ketones is 1. The maximum atomic E-state index is 13.2. The average molecular weight is 326 g/mol. The van der Waals surface area contributed by atoms with Crippen LogP contribution >= 0.6 is 11.6 Å². The summed E-state index contributed by atoms with van der Waals surface area (Å²) in [4.78, 5) is 13.2. The number of hydrogen-bond donors (Lipinski definition) is 1. The van der Waals surface area contributed by atoms with E-state index in [0.717, 1.165) is 36.0 Å². The van der Waals surface area contributed by atoms with Crippen molar-refractivity contribution in [1.29, 1.82) is 0 Å². The third kappa shape index (κ3) is 2.97. The standard InChI is InChI=1S/C20H20ClNO/c1-22-20(17-11-5-6-12-18(17)21)13-7-10-16(19(20)23)14-15-8-3-2-4-9-15/h2-6,8-9,11-12,14,22H,7,10,13H2,1H3/t20-/m1/s1. The summed E-state index contributed by atoms with van der Waals surface area (Å²) in [5.41, 5.74) is 2.06. The van der Waals surface area contributed by atoms with Crippen molar-refractivity contribution in [3.05, 3.63) is 76.3 Å². The number of carbonyl (C=O) groups excluding carboxylic acids is 1. The molecular weight excluding hydrogens is 306 g/mol. The fraction of sp³-hybridized carbons (Fsp3) is 0.250. The second-order valence-electron chi connectivity index (χ2n) is 5.90. The highest BCUT2D eigenvalue weighted by atomic mass is 35.5. The summed E-state index contributed by atoms with van der Waals surface area (Å²) < 4.78 is 0. The predicted molar refractivity (Wildman–Crippen MR) is 95.5 cm³/mol. The molecule has 0 saturated heterocycles. The van der Waals surface area contributed by atoms with E-state index in [1.54, 1.807) is 0 Å². The quantitative estimate of drug-likeness (QED) is 0.836. The number of hydrogen-bond acceptors (Lipinski definition) is 2. The lowest BCUT2D eigenvalue weighted by Gasteiger charge is -2.37. The Morgan fingerprint density at radius 3 is 2.48 bits per heavy atom. The number of likely N-dealkylation sites (N-methyl/N-ethyl adjacent to an activating group) is 1. The van der Waals surface area contributed by atoms with E-state index in [4.69, 9.17) is 11.6 Å². The molecule has 1 aliphatic carbocycles. The van der Waals surface area contributed by atoms with Crippen LogP contribution < -0.4 is 5.32 Å². The molecule has 1 fully saturated rings. The maximum absolute atomic E-state index is 13.2. The average Bonchev–Trinajstić information content (AvgIpc) is 2.59. The summed E-state index contributed by atoms with van der Waals surface area (Å²) in [7, 11) is 1.84. The van der Waals surface area contributed by atoms with Crippen molar-refractivity contribution in [3.8, 4) is 0 Å². The first-order valence-corrected chi connectivity index (χ1v) is 8.29. The van der Waals surface area contributed by atoms with Crippen LogP contribution in [0, 0.1) is 0 Å². The van der Waals surface area contributed by atoms with E-state index in [9.17, 15) is 4.79 Å². The summed E-state index contributed by atoms with van der Waals surface area (Å²) in [6.45, 7) is 0. The van der Waals surface area contributed by atoms with Gasteiger partial charge in [-0.1, -0.05) is 60.1 Å². The van der Waals surface area contributed by atoms with Crippen molar-refractivity contribution in [2.45, 2.75) is 24.8 Å². The molecule has 0 heterocycles. The molecule has 1 saturated carbocycles. The van der Waals surface area contributed by atoms with E-state index in [0.29, 0.717) is 5.02 Å². The van der Waals surface area contributed by atoms with Crippen LogP contribution in [0.2, 0.25) is 5.02 Å². The van der Waals surface area contributed by atoms with Crippen LogP contribution in [-0.4, -0.2) is 12.8 Å². The fourth-order valence-corrected chi connectivity index (χ4v) is 3.67. The topological polar surface area (TPSA) is 29.1 Å². The van der Waals surface area contributed by atoms with Crippen LogP contribution in [0.3, 0.4) is 0 Å².